The lowest BCUT2D eigenvalue weighted by Crippen LogP contribution is -2.34. The predicted octanol–water partition coefficient (Wildman–Crippen LogP) is 4.14. The van der Waals surface area contributed by atoms with Crippen LogP contribution in [0.4, 0.5) is 0 Å². The topological polar surface area (TPSA) is 9.23 Å². The number of benzene rings is 1. The second kappa shape index (κ2) is 5.01. The van der Waals surface area contributed by atoms with Gasteiger partial charge in [-0.3, -0.25) is 0 Å². The summed E-state index contributed by atoms with van der Waals surface area (Å²) < 4.78 is 5.96. The van der Waals surface area contributed by atoms with Crippen molar-refractivity contribution in [1.29, 1.82) is 0 Å². The number of rotatable bonds is 3. The lowest BCUT2D eigenvalue weighted by Gasteiger charge is -2.36. The smallest absolute Gasteiger partial charge is 0.0660 e. The molecule has 1 aliphatic heterocycles. The first-order valence-electron chi connectivity index (χ1n) is 6.38. The third-order valence-electron chi connectivity index (χ3n) is 3.66. The molecule has 1 heterocycles. The molecule has 0 saturated carbocycles. The van der Waals surface area contributed by atoms with E-state index in [9.17, 15) is 0 Å². The fourth-order valence-electron chi connectivity index (χ4n) is 2.70. The fraction of sp³-hybridized carbons (Fsp3) is 0.600. The van der Waals surface area contributed by atoms with Crippen LogP contribution in [0.1, 0.15) is 51.0 Å². The maximum atomic E-state index is 5.96. The summed E-state index contributed by atoms with van der Waals surface area (Å²) in [6, 6.07) is 10.8. The molecular formula is C15H22O. The Morgan fingerprint density at radius 3 is 2.62 bits per heavy atom. The summed E-state index contributed by atoms with van der Waals surface area (Å²) in [4.78, 5) is 0. The Balaban J connectivity index is 1.98. The van der Waals surface area contributed by atoms with Crippen molar-refractivity contribution in [2.24, 2.45) is 0 Å². The van der Waals surface area contributed by atoms with E-state index in [-0.39, 0.29) is 5.60 Å². The fourth-order valence-corrected chi connectivity index (χ4v) is 2.70. The minimum Gasteiger partial charge on any atom is -0.375 e. The minimum atomic E-state index is 0.105. The Morgan fingerprint density at radius 1 is 1.25 bits per heavy atom. The van der Waals surface area contributed by atoms with Crippen LogP contribution in [0.2, 0.25) is 0 Å². The van der Waals surface area contributed by atoms with Gasteiger partial charge in [0, 0.05) is 6.61 Å². The van der Waals surface area contributed by atoms with Gasteiger partial charge in [0.2, 0.25) is 0 Å². The highest BCUT2D eigenvalue weighted by Crippen LogP contribution is 2.34. The Labute approximate surface area is 98.8 Å². The predicted molar refractivity (Wildman–Crippen MR) is 67.7 cm³/mol. The van der Waals surface area contributed by atoms with E-state index in [1.807, 2.05) is 0 Å². The van der Waals surface area contributed by atoms with Gasteiger partial charge in [0.25, 0.3) is 0 Å². The van der Waals surface area contributed by atoms with E-state index in [4.69, 9.17) is 4.74 Å². The second-order valence-electron chi connectivity index (χ2n) is 5.27. The van der Waals surface area contributed by atoms with Crippen molar-refractivity contribution >= 4 is 0 Å². The first-order chi connectivity index (χ1) is 7.70. The van der Waals surface area contributed by atoms with Crippen LogP contribution >= 0.6 is 0 Å². The van der Waals surface area contributed by atoms with E-state index in [1.54, 1.807) is 0 Å². The molecule has 0 spiro atoms. The summed E-state index contributed by atoms with van der Waals surface area (Å²) in [7, 11) is 0. The van der Waals surface area contributed by atoms with Crippen molar-refractivity contribution < 1.29 is 4.74 Å². The van der Waals surface area contributed by atoms with E-state index in [2.05, 4.69) is 44.2 Å². The monoisotopic (exact) mass is 218 g/mol. The third kappa shape index (κ3) is 2.85. The van der Waals surface area contributed by atoms with Crippen molar-refractivity contribution in [3.8, 4) is 0 Å². The number of hydrogen-bond acceptors (Lipinski definition) is 1. The zero-order valence-corrected chi connectivity index (χ0v) is 10.4. The normalized spacial score (nSPS) is 27.6. The summed E-state index contributed by atoms with van der Waals surface area (Å²) in [6.07, 6.45) is 4.90. The molecule has 1 nitrogen and oxygen atoms in total. The highest BCUT2D eigenvalue weighted by Gasteiger charge is 2.29. The van der Waals surface area contributed by atoms with Crippen molar-refractivity contribution in [1.82, 2.24) is 0 Å². The van der Waals surface area contributed by atoms with E-state index in [0.717, 1.165) is 13.0 Å². The third-order valence-corrected chi connectivity index (χ3v) is 3.66. The van der Waals surface area contributed by atoms with Crippen LogP contribution in [0, 0.1) is 0 Å². The average molecular weight is 218 g/mol. The highest BCUT2D eigenvalue weighted by atomic mass is 16.5. The van der Waals surface area contributed by atoms with Gasteiger partial charge in [-0.05, 0) is 44.1 Å². The van der Waals surface area contributed by atoms with Gasteiger partial charge >= 0.3 is 0 Å². The Hall–Kier alpha value is -0.820. The molecule has 16 heavy (non-hydrogen) atoms. The number of ether oxygens (including phenoxy) is 1. The summed E-state index contributed by atoms with van der Waals surface area (Å²) in [5.74, 6) is 0.587. The van der Waals surface area contributed by atoms with Crippen LogP contribution in [0.5, 0.6) is 0 Å². The molecule has 88 valence electrons. The second-order valence-corrected chi connectivity index (χ2v) is 5.27. The van der Waals surface area contributed by atoms with Gasteiger partial charge < -0.3 is 4.74 Å². The summed E-state index contributed by atoms with van der Waals surface area (Å²) >= 11 is 0. The first kappa shape index (κ1) is 11.7. The summed E-state index contributed by atoms with van der Waals surface area (Å²) in [5, 5.41) is 0. The zero-order chi connectivity index (χ0) is 11.4. The molecule has 0 bridgehead atoms. The maximum absolute atomic E-state index is 5.96. The maximum Gasteiger partial charge on any atom is 0.0660 e. The van der Waals surface area contributed by atoms with Gasteiger partial charge in [-0.15, -0.1) is 0 Å². The molecule has 1 aromatic rings. The molecule has 2 atom stereocenters. The Morgan fingerprint density at radius 2 is 2.00 bits per heavy atom. The molecular weight excluding hydrogens is 196 g/mol. The molecule has 0 amide bonds. The molecule has 0 N–H and O–H groups in total. The van der Waals surface area contributed by atoms with Gasteiger partial charge in [-0.1, -0.05) is 37.3 Å². The largest absolute Gasteiger partial charge is 0.375 e. The number of hydrogen-bond donors (Lipinski definition) is 0. The van der Waals surface area contributed by atoms with Crippen molar-refractivity contribution in [3.63, 3.8) is 0 Å². The van der Waals surface area contributed by atoms with Crippen LogP contribution in [0.3, 0.4) is 0 Å². The van der Waals surface area contributed by atoms with Crippen LogP contribution < -0.4 is 0 Å². The minimum absolute atomic E-state index is 0.105. The van der Waals surface area contributed by atoms with Crippen LogP contribution in [0.25, 0.3) is 0 Å². The van der Waals surface area contributed by atoms with Gasteiger partial charge in [-0.25, -0.2) is 0 Å². The van der Waals surface area contributed by atoms with Crippen LogP contribution in [-0.2, 0) is 4.74 Å². The SMILES string of the molecule is CC(CC1(C)CCCCO1)c1ccccc1. The molecule has 1 fully saturated rings. The van der Waals surface area contributed by atoms with Gasteiger partial charge in [-0.2, -0.15) is 0 Å². The summed E-state index contributed by atoms with van der Waals surface area (Å²) in [5.41, 5.74) is 1.53. The molecule has 1 heteroatoms. The Bertz CT molecular complexity index is 311. The van der Waals surface area contributed by atoms with Crippen LogP contribution in [0.15, 0.2) is 30.3 Å². The zero-order valence-electron chi connectivity index (χ0n) is 10.4. The van der Waals surface area contributed by atoms with Crippen molar-refractivity contribution in [3.05, 3.63) is 35.9 Å². The highest BCUT2D eigenvalue weighted by molar-refractivity contribution is 5.19. The molecule has 2 unspecified atom stereocenters. The molecule has 1 saturated heterocycles. The summed E-state index contributed by atoms with van der Waals surface area (Å²) in [6.45, 7) is 5.52. The van der Waals surface area contributed by atoms with Gasteiger partial charge in [0.1, 0.15) is 0 Å². The van der Waals surface area contributed by atoms with Crippen molar-refractivity contribution in [2.45, 2.75) is 51.0 Å². The van der Waals surface area contributed by atoms with Crippen LogP contribution in [-0.4, -0.2) is 12.2 Å². The molecule has 0 radical (unpaired) electrons. The molecule has 2 rings (SSSR count). The van der Waals surface area contributed by atoms with E-state index in [1.165, 1.54) is 24.8 Å². The van der Waals surface area contributed by atoms with E-state index >= 15 is 0 Å². The Kier molecular flexibility index (Phi) is 3.65. The lowest BCUT2D eigenvalue weighted by atomic mass is 9.84. The van der Waals surface area contributed by atoms with Crippen molar-refractivity contribution in [2.75, 3.05) is 6.61 Å². The molecule has 0 aromatic heterocycles. The van der Waals surface area contributed by atoms with Gasteiger partial charge in [0.05, 0.1) is 5.60 Å². The van der Waals surface area contributed by atoms with E-state index in [0.29, 0.717) is 5.92 Å². The quantitative estimate of drug-likeness (QED) is 0.741. The average Bonchev–Trinajstić information content (AvgIpc) is 2.30. The van der Waals surface area contributed by atoms with E-state index < -0.39 is 0 Å². The standard InChI is InChI=1S/C15H22O/c1-13(14-8-4-3-5-9-14)12-15(2)10-6-7-11-16-15/h3-5,8-9,13H,6-7,10-12H2,1-2H3. The molecule has 1 aliphatic rings. The van der Waals surface area contributed by atoms with Gasteiger partial charge in [0.15, 0.2) is 0 Å². The lowest BCUT2D eigenvalue weighted by molar-refractivity contribution is -0.0732. The molecule has 1 aromatic carbocycles. The first-order valence-corrected chi connectivity index (χ1v) is 6.38. The molecule has 0 aliphatic carbocycles.